The number of fused-ring (bicyclic) bond motifs is 12. The topological polar surface area (TPSA) is 43.9 Å². The lowest BCUT2D eigenvalue weighted by Crippen LogP contribution is -2.03. The molecule has 0 spiro atoms. The molecular weight excluding hydrogens is 739 g/mol. The van der Waals surface area contributed by atoms with Crippen molar-refractivity contribution < 1.29 is 4.42 Å². The van der Waals surface area contributed by atoms with E-state index in [0.29, 0.717) is 0 Å². The Morgan fingerprint density at radius 1 is 0.542 bits per heavy atom. The molecule has 59 heavy (non-hydrogen) atoms. The SMILES string of the molecule is C1=C(c2nc(-c3ccc4ccccc4c3)c3sc4ccccc4c3n2)c2c(oc3cc(-n4c5ccc(-c6ccccc6)cc5c5c6ccccc6ccc54)ccc23)CC1. The van der Waals surface area contributed by atoms with Gasteiger partial charge in [-0.05, 0) is 81.6 Å². The van der Waals surface area contributed by atoms with Crippen LogP contribution in [-0.4, -0.2) is 14.5 Å². The molecule has 1 aliphatic carbocycles. The van der Waals surface area contributed by atoms with Crippen molar-refractivity contribution in [2.45, 2.75) is 12.8 Å². The second-order valence-corrected chi connectivity index (χ2v) is 16.6. The fourth-order valence-corrected chi connectivity index (χ4v) is 10.7. The molecule has 4 heterocycles. The van der Waals surface area contributed by atoms with Crippen LogP contribution in [0.1, 0.15) is 23.6 Å². The Balaban J connectivity index is 0.998. The largest absolute Gasteiger partial charge is 0.460 e. The highest BCUT2D eigenvalue weighted by Gasteiger charge is 2.27. The minimum Gasteiger partial charge on any atom is -0.460 e. The van der Waals surface area contributed by atoms with Crippen LogP contribution in [0.4, 0.5) is 0 Å². The van der Waals surface area contributed by atoms with Crippen LogP contribution < -0.4 is 0 Å². The first-order valence-electron chi connectivity index (χ1n) is 20.2. The third-order valence-electron chi connectivity index (χ3n) is 12.2. The highest BCUT2D eigenvalue weighted by atomic mass is 32.1. The number of benzene rings is 8. The van der Waals surface area contributed by atoms with Crippen LogP contribution in [0.3, 0.4) is 0 Å². The molecule has 0 N–H and O–H groups in total. The van der Waals surface area contributed by atoms with Crippen molar-refractivity contribution in [3.8, 4) is 28.1 Å². The second-order valence-electron chi connectivity index (χ2n) is 15.6. The van der Waals surface area contributed by atoms with Crippen LogP contribution in [-0.2, 0) is 6.42 Å². The lowest BCUT2D eigenvalue weighted by atomic mass is 9.93. The van der Waals surface area contributed by atoms with E-state index in [9.17, 15) is 0 Å². The van der Waals surface area contributed by atoms with Gasteiger partial charge in [-0.2, -0.15) is 0 Å². The van der Waals surface area contributed by atoms with Gasteiger partial charge in [0.05, 0.1) is 26.9 Å². The van der Waals surface area contributed by atoms with Crippen molar-refractivity contribution in [1.29, 1.82) is 0 Å². The van der Waals surface area contributed by atoms with E-state index in [0.717, 1.165) is 79.1 Å². The number of rotatable bonds is 4. The Morgan fingerprint density at radius 3 is 2.22 bits per heavy atom. The summed E-state index contributed by atoms with van der Waals surface area (Å²) in [6.45, 7) is 0. The predicted octanol–water partition coefficient (Wildman–Crippen LogP) is 14.7. The van der Waals surface area contributed by atoms with E-state index < -0.39 is 0 Å². The monoisotopic (exact) mass is 771 g/mol. The minimum absolute atomic E-state index is 0.737. The van der Waals surface area contributed by atoms with Crippen molar-refractivity contribution in [3.63, 3.8) is 0 Å². The smallest absolute Gasteiger partial charge is 0.160 e. The van der Waals surface area contributed by atoms with Crippen molar-refractivity contribution in [2.75, 3.05) is 0 Å². The summed E-state index contributed by atoms with van der Waals surface area (Å²) >= 11 is 1.77. The Kier molecular flexibility index (Phi) is 6.97. The maximum atomic E-state index is 6.85. The summed E-state index contributed by atoms with van der Waals surface area (Å²) in [7, 11) is 0. The molecule has 4 aromatic heterocycles. The van der Waals surface area contributed by atoms with E-state index in [1.807, 2.05) is 0 Å². The summed E-state index contributed by atoms with van der Waals surface area (Å²) in [5.41, 5.74) is 11.9. The summed E-state index contributed by atoms with van der Waals surface area (Å²) in [4.78, 5) is 10.8. The number of hydrogen-bond donors (Lipinski definition) is 0. The first-order valence-corrected chi connectivity index (χ1v) is 21.0. The molecule has 13 rings (SSSR count). The molecule has 0 fully saturated rings. The van der Waals surface area contributed by atoms with Crippen LogP contribution in [0, 0.1) is 0 Å². The van der Waals surface area contributed by atoms with Crippen molar-refractivity contribution in [3.05, 3.63) is 193 Å². The first kappa shape index (κ1) is 32.7. The Hall–Kier alpha value is -7.34. The Bertz CT molecular complexity index is 3740. The van der Waals surface area contributed by atoms with Gasteiger partial charge in [-0.3, -0.25) is 0 Å². The van der Waals surface area contributed by atoms with Gasteiger partial charge in [0.2, 0.25) is 0 Å². The number of aromatic nitrogens is 3. The van der Waals surface area contributed by atoms with Crippen LogP contribution in [0.15, 0.2) is 180 Å². The zero-order chi connectivity index (χ0) is 38.6. The molecule has 0 bridgehead atoms. The standard InChI is InChI=1S/C54H33N3OS/c1-2-11-32(12-3-1)36-24-27-44-43(30-36)49-39-16-7-6-14-34(39)23-28-45(49)57(44)38-25-26-40-47(31-38)58-46-19-10-18-42(50(40)46)54-55-51(37-22-21-33-13-4-5-15-35(33)29-37)53-52(56-54)41-17-8-9-20-48(41)59-53/h1-9,11-18,20-31H,10,19H2. The molecule has 0 radical (unpaired) electrons. The van der Waals surface area contributed by atoms with Crippen LogP contribution in [0.2, 0.25) is 0 Å². The molecule has 8 aromatic carbocycles. The number of allylic oxidation sites excluding steroid dienone is 1. The minimum atomic E-state index is 0.737. The summed E-state index contributed by atoms with van der Waals surface area (Å²) < 4.78 is 11.6. The van der Waals surface area contributed by atoms with E-state index >= 15 is 0 Å². The quantitative estimate of drug-likeness (QED) is 0.179. The summed E-state index contributed by atoms with van der Waals surface area (Å²) in [6, 6.07) is 61.3. The molecule has 1 aliphatic rings. The maximum Gasteiger partial charge on any atom is 0.160 e. The summed E-state index contributed by atoms with van der Waals surface area (Å²) in [5, 5.41) is 9.63. The molecule has 0 saturated heterocycles. The fourth-order valence-electron chi connectivity index (χ4n) is 9.52. The lowest BCUT2D eigenvalue weighted by Gasteiger charge is -2.14. The van der Waals surface area contributed by atoms with Gasteiger partial charge < -0.3 is 8.98 Å². The predicted molar refractivity (Wildman–Crippen MR) is 247 cm³/mol. The van der Waals surface area contributed by atoms with Gasteiger partial charge in [-0.25, -0.2) is 9.97 Å². The van der Waals surface area contributed by atoms with E-state index in [1.54, 1.807) is 11.3 Å². The Labute approximate surface area is 342 Å². The van der Waals surface area contributed by atoms with E-state index in [1.165, 1.54) is 59.2 Å². The van der Waals surface area contributed by atoms with Gasteiger partial charge in [0, 0.05) is 61.1 Å². The normalized spacial score (nSPS) is 13.1. The highest BCUT2D eigenvalue weighted by molar-refractivity contribution is 7.26. The molecule has 5 heteroatoms. The van der Waals surface area contributed by atoms with Gasteiger partial charge in [-0.1, -0.05) is 127 Å². The fraction of sp³-hybridized carbons (Fsp3) is 0.0370. The average Bonchev–Trinajstić information content (AvgIpc) is 3.98. The summed E-state index contributed by atoms with van der Waals surface area (Å²) in [5.74, 6) is 1.72. The molecule has 4 nitrogen and oxygen atoms in total. The van der Waals surface area contributed by atoms with Gasteiger partial charge >= 0.3 is 0 Å². The van der Waals surface area contributed by atoms with E-state index in [2.05, 4.69) is 181 Å². The van der Waals surface area contributed by atoms with Gasteiger partial charge in [0.15, 0.2) is 5.82 Å². The van der Waals surface area contributed by atoms with Crippen LogP contribution >= 0.6 is 11.3 Å². The third kappa shape index (κ3) is 4.95. The Morgan fingerprint density at radius 2 is 1.31 bits per heavy atom. The van der Waals surface area contributed by atoms with Crippen LogP contribution in [0.5, 0.6) is 0 Å². The molecule has 276 valence electrons. The second kappa shape index (κ2) is 12.6. The van der Waals surface area contributed by atoms with Gasteiger partial charge in [-0.15, -0.1) is 11.3 Å². The first-order chi connectivity index (χ1) is 29.2. The van der Waals surface area contributed by atoms with E-state index in [-0.39, 0.29) is 0 Å². The molecule has 0 unspecified atom stereocenters. The number of hydrogen-bond acceptors (Lipinski definition) is 4. The van der Waals surface area contributed by atoms with Gasteiger partial charge in [0.25, 0.3) is 0 Å². The molecule has 0 saturated carbocycles. The molecule has 0 atom stereocenters. The molecule has 0 aliphatic heterocycles. The number of aryl methyl sites for hydroxylation is 1. The number of thiophene rings is 1. The third-order valence-corrected chi connectivity index (χ3v) is 13.4. The zero-order valence-corrected chi connectivity index (χ0v) is 32.6. The van der Waals surface area contributed by atoms with Crippen molar-refractivity contribution in [1.82, 2.24) is 14.5 Å². The number of nitrogens with zero attached hydrogens (tertiary/aromatic N) is 3. The maximum absolute atomic E-state index is 6.85. The lowest BCUT2D eigenvalue weighted by molar-refractivity contribution is 0.545. The van der Waals surface area contributed by atoms with Gasteiger partial charge in [0.1, 0.15) is 11.3 Å². The van der Waals surface area contributed by atoms with Crippen molar-refractivity contribution >= 4 is 91.5 Å². The van der Waals surface area contributed by atoms with Crippen molar-refractivity contribution in [2.24, 2.45) is 0 Å². The molecular formula is C54H33N3OS. The van der Waals surface area contributed by atoms with E-state index in [4.69, 9.17) is 14.4 Å². The highest BCUT2D eigenvalue weighted by Crippen LogP contribution is 2.44. The summed E-state index contributed by atoms with van der Waals surface area (Å²) in [6.07, 6.45) is 4.00. The molecule has 0 amide bonds. The molecule has 12 aromatic rings. The zero-order valence-electron chi connectivity index (χ0n) is 31.8. The average molecular weight is 772 g/mol. The van der Waals surface area contributed by atoms with Crippen LogP contribution in [0.25, 0.3) is 108 Å². The number of furan rings is 1.